The predicted octanol–water partition coefficient (Wildman–Crippen LogP) is 1.10. The summed E-state index contributed by atoms with van der Waals surface area (Å²) in [6.45, 7) is 1.65. The van der Waals surface area contributed by atoms with Gasteiger partial charge in [0, 0.05) is 0 Å². The number of aromatic hydroxyl groups is 1. The van der Waals surface area contributed by atoms with Gasteiger partial charge in [0.25, 0.3) is 0 Å². The van der Waals surface area contributed by atoms with Crippen molar-refractivity contribution < 1.29 is 24.3 Å². The fourth-order valence-corrected chi connectivity index (χ4v) is 1.55. The number of aromatic nitrogens is 2. The molecule has 0 spiro atoms. The Labute approximate surface area is 118 Å². The monoisotopic (exact) mass is 292 g/mol. The average Bonchev–Trinajstić information content (AvgIpc) is 2.84. The molecule has 0 aliphatic carbocycles. The van der Waals surface area contributed by atoms with E-state index in [-0.39, 0.29) is 29.4 Å². The third kappa shape index (κ3) is 3.69. The number of aromatic carboxylic acids is 1. The maximum absolute atomic E-state index is 11.7. The number of anilines is 1. The largest absolute Gasteiger partial charge is 0.508 e. The molecule has 1 aromatic heterocycles. The van der Waals surface area contributed by atoms with E-state index in [1.165, 1.54) is 12.1 Å². The standard InChI is InChI=1S/C12H12N4O5/c1-6-14-10(21-16-6)5-13-12(20)15-9-3-2-7(17)4-8(9)11(18)19/h2-4,17H,5H2,1H3,(H,18,19)(H2,13,15,20). The number of phenols is 1. The molecular weight excluding hydrogens is 280 g/mol. The minimum Gasteiger partial charge on any atom is -0.508 e. The van der Waals surface area contributed by atoms with Crippen LogP contribution in [0, 0.1) is 6.92 Å². The molecule has 0 saturated heterocycles. The van der Waals surface area contributed by atoms with Gasteiger partial charge in [-0.2, -0.15) is 4.98 Å². The lowest BCUT2D eigenvalue weighted by molar-refractivity contribution is 0.0697. The fourth-order valence-electron chi connectivity index (χ4n) is 1.55. The van der Waals surface area contributed by atoms with E-state index in [0.717, 1.165) is 6.07 Å². The molecule has 0 saturated carbocycles. The van der Waals surface area contributed by atoms with Gasteiger partial charge in [-0.05, 0) is 25.1 Å². The number of urea groups is 1. The summed E-state index contributed by atoms with van der Waals surface area (Å²) in [7, 11) is 0. The molecule has 2 rings (SSSR count). The summed E-state index contributed by atoms with van der Waals surface area (Å²) < 4.78 is 4.81. The fraction of sp³-hybridized carbons (Fsp3) is 0.167. The third-order valence-corrected chi connectivity index (χ3v) is 2.45. The normalized spacial score (nSPS) is 10.1. The first-order valence-electron chi connectivity index (χ1n) is 5.86. The summed E-state index contributed by atoms with van der Waals surface area (Å²) in [5.41, 5.74) is -0.168. The SMILES string of the molecule is Cc1noc(CNC(=O)Nc2ccc(O)cc2C(=O)O)n1. The van der Waals surface area contributed by atoms with Gasteiger partial charge >= 0.3 is 12.0 Å². The van der Waals surface area contributed by atoms with Crippen molar-refractivity contribution in [2.45, 2.75) is 13.5 Å². The number of carboxylic acid groups (broad SMARTS) is 1. The zero-order valence-corrected chi connectivity index (χ0v) is 11.0. The van der Waals surface area contributed by atoms with Crippen LogP contribution in [-0.4, -0.2) is 32.4 Å². The Morgan fingerprint density at radius 3 is 2.76 bits per heavy atom. The number of hydrogen-bond donors (Lipinski definition) is 4. The second-order valence-corrected chi connectivity index (χ2v) is 4.08. The molecule has 9 nitrogen and oxygen atoms in total. The molecule has 0 unspecified atom stereocenters. The Morgan fingerprint density at radius 1 is 1.38 bits per heavy atom. The van der Waals surface area contributed by atoms with E-state index in [2.05, 4.69) is 20.8 Å². The zero-order chi connectivity index (χ0) is 15.4. The molecule has 9 heteroatoms. The van der Waals surface area contributed by atoms with Crippen LogP contribution in [0.5, 0.6) is 5.75 Å². The van der Waals surface area contributed by atoms with Gasteiger partial charge in [-0.25, -0.2) is 9.59 Å². The maximum atomic E-state index is 11.7. The number of amides is 2. The Morgan fingerprint density at radius 2 is 2.14 bits per heavy atom. The number of aryl methyl sites for hydroxylation is 1. The summed E-state index contributed by atoms with van der Waals surface area (Å²) >= 11 is 0. The highest BCUT2D eigenvalue weighted by molar-refractivity contribution is 6.00. The molecule has 0 atom stereocenters. The Kier molecular flexibility index (Phi) is 4.02. The highest BCUT2D eigenvalue weighted by Gasteiger charge is 2.13. The van der Waals surface area contributed by atoms with Crippen LogP contribution < -0.4 is 10.6 Å². The first-order valence-corrected chi connectivity index (χ1v) is 5.86. The molecular formula is C12H12N4O5. The minimum absolute atomic E-state index is 0.00710. The van der Waals surface area contributed by atoms with Crippen LogP contribution in [0.1, 0.15) is 22.1 Å². The maximum Gasteiger partial charge on any atom is 0.337 e. The van der Waals surface area contributed by atoms with Crippen LogP contribution in [0.15, 0.2) is 22.7 Å². The zero-order valence-electron chi connectivity index (χ0n) is 11.0. The van der Waals surface area contributed by atoms with Crippen molar-refractivity contribution in [3.63, 3.8) is 0 Å². The number of carbonyl (C=O) groups excluding carboxylic acids is 1. The summed E-state index contributed by atoms with van der Waals surface area (Å²) in [4.78, 5) is 26.6. The van der Waals surface area contributed by atoms with Gasteiger partial charge in [-0.15, -0.1) is 0 Å². The van der Waals surface area contributed by atoms with Crippen LogP contribution in [-0.2, 0) is 6.54 Å². The summed E-state index contributed by atoms with van der Waals surface area (Å²) in [6, 6.07) is 2.96. The number of carboxylic acids is 1. The lowest BCUT2D eigenvalue weighted by Crippen LogP contribution is -2.29. The van der Waals surface area contributed by atoms with Crippen molar-refractivity contribution in [1.29, 1.82) is 0 Å². The Balaban J connectivity index is 2.01. The van der Waals surface area contributed by atoms with Gasteiger partial charge in [0.2, 0.25) is 5.89 Å². The highest BCUT2D eigenvalue weighted by atomic mass is 16.5. The molecule has 4 N–H and O–H groups in total. The second kappa shape index (κ2) is 5.90. The van der Waals surface area contributed by atoms with Crippen molar-refractivity contribution >= 4 is 17.7 Å². The van der Waals surface area contributed by atoms with Gasteiger partial charge in [0.1, 0.15) is 5.75 Å². The molecule has 110 valence electrons. The molecule has 1 heterocycles. The lowest BCUT2D eigenvalue weighted by atomic mass is 10.1. The van der Waals surface area contributed by atoms with Crippen LogP contribution in [0.2, 0.25) is 0 Å². The average molecular weight is 292 g/mol. The quantitative estimate of drug-likeness (QED) is 0.619. The van der Waals surface area contributed by atoms with Crippen LogP contribution in [0.25, 0.3) is 0 Å². The van der Waals surface area contributed by atoms with E-state index in [1.54, 1.807) is 6.92 Å². The Hall–Kier alpha value is -3.10. The number of nitrogens with zero attached hydrogens (tertiary/aromatic N) is 2. The van der Waals surface area contributed by atoms with Gasteiger partial charge in [0.15, 0.2) is 5.82 Å². The van der Waals surface area contributed by atoms with E-state index in [0.29, 0.717) is 5.82 Å². The molecule has 0 fully saturated rings. The predicted molar refractivity (Wildman–Crippen MR) is 70.0 cm³/mol. The van der Waals surface area contributed by atoms with Crippen LogP contribution in [0.4, 0.5) is 10.5 Å². The first kappa shape index (κ1) is 14.3. The van der Waals surface area contributed by atoms with E-state index >= 15 is 0 Å². The number of carbonyl (C=O) groups is 2. The van der Waals surface area contributed by atoms with Gasteiger partial charge in [-0.1, -0.05) is 5.16 Å². The van der Waals surface area contributed by atoms with Crippen molar-refractivity contribution in [3.05, 3.63) is 35.5 Å². The minimum atomic E-state index is -1.27. The molecule has 2 aromatic rings. The smallest absolute Gasteiger partial charge is 0.337 e. The molecule has 0 radical (unpaired) electrons. The molecule has 1 aromatic carbocycles. The highest BCUT2D eigenvalue weighted by Crippen LogP contribution is 2.21. The van der Waals surface area contributed by atoms with Gasteiger partial charge in [-0.3, -0.25) is 0 Å². The second-order valence-electron chi connectivity index (χ2n) is 4.08. The topological polar surface area (TPSA) is 138 Å². The number of nitrogens with one attached hydrogen (secondary N) is 2. The van der Waals surface area contributed by atoms with Crippen molar-refractivity contribution in [2.24, 2.45) is 0 Å². The van der Waals surface area contributed by atoms with Gasteiger partial charge < -0.3 is 25.4 Å². The van der Waals surface area contributed by atoms with E-state index < -0.39 is 12.0 Å². The lowest BCUT2D eigenvalue weighted by Gasteiger charge is -2.09. The number of phenolic OH excluding ortho intramolecular Hbond substituents is 1. The molecule has 2 amide bonds. The number of rotatable bonds is 4. The van der Waals surface area contributed by atoms with E-state index in [4.69, 9.17) is 9.63 Å². The van der Waals surface area contributed by atoms with E-state index in [9.17, 15) is 14.7 Å². The third-order valence-electron chi connectivity index (χ3n) is 2.45. The van der Waals surface area contributed by atoms with Gasteiger partial charge in [0.05, 0.1) is 17.8 Å². The molecule has 0 aliphatic heterocycles. The summed E-state index contributed by atoms with van der Waals surface area (Å²) in [6.07, 6.45) is 0. The Bertz CT molecular complexity index is 682. The molecule has 0 aliphatic rings. The van der Waals surface area contributed by atoms with Crippen LogP contribution >= 0.6 is 0 Å². The first-order chi connectivity index (χ1) is 9.95. The summed E-state index contributed by atoms with van der Waals surface area (Å²) in [5, 5.41) is 26.6. The van der Waals surface area contributed by atoms with E-state index in [1.807, 2.05) is 0 Å². The number of hydrogen-bond acceptors (Lipinski definition) is 6. The summed E-state index contributed by atoms with van der Waals surface area (Å²) in [5.74, 6) is -0.806. The van der Waals surface area contributed by atoms with Crippen molar-refractivity contribution in [1.82, 2.24) is 15.5 Å². The van der Waals surface area contributed by atoms with Crippen molar-refractivity contribution in [3.8, 4) is 5.75 Å². The van der Waals surface area contributed by atoms with Crippen molar-refractivity contribution in [2.75, 3.05) is 5.32 Å². The number of benzene rings is 1. The van der Waals surface area contributed by atoms with Crippen LogP contribution in [0.3, 0.4) is 0 Å². The molecule has 0 bridgehead atoms. The molecule has 21 heavy (non-hydrogen) atoms.